The number of anilines is 1. The van der Waals surface area contributed by atoms with E-state index in [2.05, 4.69) is 15.3 Å². The van der Waals surface area contributed by atoms with Crippen molar-refractivity contribution in [3.8, 4) is 22.6 Å². The monoisotopic (exact) mass is 752 g/mol. The number of urea groups is 1. The Bertz CT molecular complexity index is 2310. The zero-order valence-electron chi connectivity index (χ0n) is 31.0. The first kappa shape index (κ1) is 36.9. The molecule has 1 N–H and O–H groups in total. The van der Waals surface area contributed by atoms with Gasteiger partial charge in [0.1, 0.15) is 22.9 Å². The molecule has 1 fully saturated rings. The van der Waals surface area contributed by atoms with Crippen molar-refractivity contribution in [2.24, 2.45) is 0 Å². The summed E-state index contributed by atoms with van der Waals surface area (Å²) in [5.74, 6) is 1.18. The molecule has 54 heavy (non-hydrogen) atoms. The molecule has 14 heteroatoms. The molecule has 0 radical (unpaired) electrons. The third kappa shape index (κ3) is 7.75. The van der Waals surface area contributed by atoms with Crippen molar-refractivity contribution in [3.63, 3.8) is 0 Å². The molecular formula is C40H44N6O7S. The van der Waals surface area contributed by atoms with Crippen molar-refractivity contribution < 1.29 is 32.2 Å². The van der Waals surface area contributed by atoms with Gasteiger partial charge in [-0.2, -0.15) is 0 Å². The number of nitrogens with one attached hydrogen (secondary N) is 1. The number of carbonyl (C=O) groups excluding carboxylic acids is 2. The lowest BCUT2D eigenvalue weighted by Gasteiger charge is -2.31. The highest BCUT2D eigenvalue weighted by molar-refractivity contribution is 7.90. The molecule has 2 aliphatic heterocycles. The van der Waals surface area contributed by atoms with Gasteiger partial charge in [-0.05, 0) is 106 Å². The first-order chi connectivity index (χ1) is 25.8. The molecule has 2 aromatic carbocycles. The number of carbonyl (C=O) groups is 2. The molecule has 7 rings (SSSR count). The Balaban J connectivity index is 1.27. The summed E-state index contributed by atoms with van der Waals surface area (Å²) in [6.07, 6.45) is 6.38. The van der Waals surface area contributed by atoms with Crippen LogP contribution in [0, 0.1) is 6.92 Å². The molecule has 0 spiro atoms. The van der Waals surface area contributed by atoms with Crippen LogP contribution in [0.2, 0.25) is 0 Å². The van der Waals surface area contributed by atoms with Gasteiger partial charge >= 0.3 is 12.1 Å². The van der Waals surface area contributed by atoms with Gasteiger partial charge in [0.05, 0.1) is 10.3 Å². The number of aryl methyl sites for hydroxylation is 1. The van der Waals surface area contributed by atoms with E-state index in [-0.39, 0.29) is 28.7 Å². The van der Waals surface area contributed by atoms with Gasteiger partial charge in [-0.15, -0.1) is 0 Å². The third-order valence-corrected chi connectivity index (χ3v) is 11.3. The van der Waals surface area contributed by atoms with Gasteiger partial charge in [0, 0.05) is 63.5 Å². The Morgan fingerprint density at radius 2 is 1.70 bits per heavy atom. The number of aromatic nitrogens is 3. The number of pyridine rings is 2. The van der Waals surface area contributed by atoms with Gasteiger partial charge < -0.3 is 24.0 Å². The SMILES string of the molecule is Cc1ccc(S(=O)(=O)n2cc(-c3ccnc(NC(=O)N(C)C4CCOCC4)c3)c3c(Oc4ccc5c(c4)CN(C(=O)OC(C)(C)C)CC5)ccnc32)cc1. The second-order valence-electron chi connectivity index (χ2n) is 14.7. The predicted octanol–water partition coefficient (Wildman–Crippen LogP) is 7.37. The lowest BCUT2D eigenvalue weighted by atomic mass is 10.00. The van der Waals surface area contributed by atoms with Crippen molar-refractivity contribution in [1.29, 1.82) is 0 Å². The maximum absolute atomic E-state index is 14.2. The molecule has 1 saturated heterocycles. The largest absolute Gasteiger partial charge is 0.457 e. The number of nitrogens with zero attached hydrogens (tertiary/aromatic N) is 5. The standard InChI is InChI=1S/C40H44N6O7S/c1-26-6-10-32(11-7-26)54(49,50)46-25-33(28-12-17-41-35(23-28)43-38(47)44(5)30-15-20-51-21-16-30)36-34(13-18-42-37(36)46)52-31-9-8-27-14-19-45(24-29(27)22-31)39(48)53-40(2,3)4/h6-13,17-18,22-23,25,30H,14-16,19-21,24H2,1-5H3,(H,41,43,47). The number of rotatable bonds is 7. The van der Waals surface area contributed by atoms with E-state index in [0.29, 0.717) is 66.6 Å². The molecular weight excluding hydrogens is 709 g/mol. The number of benzene rings is 2. The number of amides is 3. The molecule has 2 aliphatic rings. The number of hydrogen-bond donors (Lipinski definition) is 1. The van der Waals surface area contributed by atoms with Crippen LogP contribution in [-0.2, 0) is 32.5 Å². The molecule has 0 atom stereocenters. The first-order valence-electron chi connectivity index (χ1n) is 17.9. The summed E-state index contributed by atoms with van der Waals surface area (Å²) in [5, 5.41) is 3.35. The van der Waals surface area contributed by atoms with E-state index in [1.165, 1.54) is 16.4 Å². The molecule has 0 saturated carbocycles. The minimum absolute atomic E-state index is 0.0432. The van der Waals surface area contributed by atoms with Crippen LogP contribution in [0.1, 0.15) is 50.3 Å². The Labute approximate surface area is 314 Å². The third-order valence-electron chi connectivity index (χ3n) is 9.63. The summed E-state index contributed by atoms with van der Waals surface area (Å²) in [6.45, 7) is 9.51. The zero-order valence-corrected chi connectivity index (χ0v) is 31.9. The Hall–Kier alpha value is -5.47. The highest BCUT2D eigenvalue weighted by Crippen LogP contribution is 2.40. The summed E-state index contributed by atoms with van der Waals surface area (Å²) < 4.78 is 47.2. The molecule has 0 aliphatic carbocycles. The molecule has 13 nitrogen and oxygen atoms in total. The van der Waals surface area contributed by atoms with Crippen LogP contribution >= 0.6 is 0 Å². The lowest BCUT2D eigenvalue weighted by Crippen LogP contribution is -2.42. The van der Waals surface area contributed by atoms with Gasteiger partial charge in [-0.3, -0.25) is 5.32 Å². The molecule has 0 bridgehead atoms. The van der Waals surface area contributed by atoms with Crippen LogP contribution in [0.5, 0.6) is 11.5 Å². The summed E-state index contributed by atoms with van der Waals surface area (Å²) in [7, 11) is -2.35. The minimum atomic E-state index is -4.10. The van der Waals surface area contributed by atoms with Crippen molar-refractivity contribution in [1.82, 2.24) is 23.7 Å². The molecule has 0 unspecified atom stereocenters. The van der Waals surface area contributed by atoms with Crippen molar-refractivity contribution in [2.45, 2.75) is 70.0 Å². The van der Waals surface area contributed by atoms with Crippen molar-refractivity contribution in [2.75, 3.05) is 32.1 Å². The maximum atomic E-state index is 14.2. The molecule has 3 aromatic heterocycles. The highest BCUT2D eigenvalue weighted by Gasteiger charge is 2.28. The van der Waals surface area contributed by atoms with E-state index in [4.69, 9.17) is 14.2 Å². The normalized spacial score (nSPS) is 15.1. The number of fused-ring (bicyclic) bond motifs is 2. The fourth-order valence-electron chi connectivity index (χ4n) is 6.72. The van der Waals surface area contributed by atoms with Crippen LogP contribution in [-0.4, -0.2) is 82.7 Å². The van der Waals surface area contributed by atoms with Crippen LogP contribution in [0.25, 0.3) is 22.2 Å². The van der Waals surface area contributed by atoms with Crippen LogP contribution < -0.4 is 10.1 Å². The Morgan fingerprint density at radius 3 is 2.44 bits per heavy atom. The summed E-state index contributed by atoms with van der Waals surface area (Å²) in [6, 6.07) is 17.2. The minimum Gasteiger partial charge on any atom is -0.457 e. The van der Waals surface area contributed by atoms with Crippen LogP contribution in [0.15, 0.2) is 84.1 Å². The smallest absolute Gasteiger partial charge is 0.410 e. The number of hydrogen-bond acceptors (Lipinski definition) is 9. The Morgan fingerprint density at radius 1 is 0.963 bits per heavy atom. The van der Waals surface area contributed by atoms with Crippen molar-refractivity contribution in [3.05, 3.63) is 95.9 Å². The average molecular weight is 753 g/mol. The van der Waals surface area contributed by atoms with Crippen LogP contribution in [0.4, 0.5) is 15.4 Å². The fraction of sp³-hybridized carbons (Fsp3) is 0.350. The predicted molar refractivity (Wildman–Crippen MR) is 204 cm³/mol. The van der Waals surface area contributed by atoms with Crippen molar-refractivity contribution >= 4 is 39.0 Å². The van der Waals surface area contributed by atoms with E-state index in [0.717, 1.165) is 29.5 Å². The average Bonchev–Trinajstić information content (AvgIpc) is 3.56. The Kier molecular flexibility index (Phi) is 10.1. The van der Waals surface area contributed by atoms with Gasteiger partial charge in [-0.25, -0.2) is 31.9 Å². The summed E-state index contributed by atoms with van der Waals surface area (Å²) in [5.41, 5.74) is 3.61. The van der Waals surface area contributed by atoms with E-state index >= 15 is 0 Å². The first-order valence-corrected chi connectivity index (χ1v) is 19.4. The highest BCUT2D eigenvalue weighted by atomic mass is 32.2. The van der Waals surface area contributed by atoms with E-state index in [9.17, 15) is 18.0 Å². The fourth-order valence-corrected chi connectivity index (χ4v) is 8.03. The van der Waals surface area contributed by atoms with E-state index in [1.807, 2.05) is 45.9 Å². The maximum Gasteiger partial charge on any atom is 0.410 e. The molecule has 5 heterocycles. The van der Waals surface area contributed by atoms with Gasteiger partial charge in [0.2, 0.25) is 0 Å². The second kappa shape index (κ2) is 14.7. The molecule has 282 valence electrons. The zero-order chi connectivity index (χ0) is 38.2. The van der Waals surface area contributed by atoms with E-state index in [1.54, 1.807) is 65.5 Å². The summed E-state index contributed by atoms with van der Waals surface area (Å²) in [4.78, 5) is 38.6. The quantitative estimate of drug-likeness (QED) is 0.180. The lowest BCUT2D eigenvalue weighted by molar-refractivity contribution is 0.0223. The van der Waals surface area contributed by atoms with Gasteiger partial charge in [0.25, 0.3) is 10.0 Å². The molecule has 5 aromatic rings. The van der Waals surface area contributed by atoms with Gasteiger partial charge in [0.15, 0.2) is 5.65 Å². The number of ether oxygens (including phenoxy) is 3. The second-order valence-corrected chi connectivity index (χ2v) is 16.5. The van der Waals surface area contributed by atoms with Crippen LogP contribution in [0.3, 0.4) is 0 Å². The molecule has 3 amide bonds. The topological polar surface area (TPSA) is 145 Å². The summed E-state index contributed by atoms with van der Waals surface area (Å²) >= 11 is 0. The van der Waals surface area contributed by atoms with E-state index < -0.39 is 15.6 Å². The van der Waals surface area contributed by atoms with Gasteiger partial charge in [-0.1, -0.05) is 23.8 Å².